The van der Waals surface area contributed by atoms with Crippen LogP contribution in [0.2, 0.25) is 0 Å². The van der Waals surface area contributed by atoms with Crippen molar-refractivity contribution in [3.63, 3.8) is 0 Å². The van der Waals surface area contributed by atoms with Crippen molar-refractivity contribution in [3.05, 3.63) is 70.5 Å². The van der Waals surface area contributed by atoms with E-state index in [-0.39, 0.29) is 6.04 Å². The van der Waals surface area contributed by atoms with Crippen molar-refractivity contribution >= 4 is 23.1 Å². The van der Waals surface area contributed by atoms with Gasteiger partial charge in [0.05, 0.1) is 6.26 Å². The van der Waals surface area contributed by atoms with Gasteiger partial charge in [-0.1, -0.05) is 6.08 Å². The highest BCUT2D eigenvalue weighted by molar-refractivity contribution is 5.79. The number of rotatable bonds is 4. The Hall–Kier alpha value is -3.48. The highest BCUT2D eigenvalue weighted by atomic mass is 16.6. The Labute approximate surface area is 173 Å². The minimum atomic E-state index is -0.750. The van der Waals surface area contributed by atoms with E-state index in [0.717, 1.165) is 10.9 Å². The third kappa shape index (κ3) is 4.25. The number of amides is 1. The van der Waals surface area contributed by atoms with Crippen molar-refractivity contribution in [2.75, 3.05) is 0 Å². The zero-order chi connectivity index (χ0) is 21.3. The van der Waals surface area contributed by atoms with Gasteiger partial charge in [-0.3, -0.25) is 0 Å². The first kappa shape index (κ1) is 19.8. The molecule has 0 saturated carbocycles. The number of hydrogen-bond acceptors (Lipinski definition) is 6. The molecule has 0 fully saturated rings. The number of fused-ring (bicyclic) bond motifs is 2. The molecule has 156 valence electrons. The molecule has 1 aromatic carbocycles. The van der Waals surface area contributed by atoms with Crippen LogP contribution in [0.4, 0.5) is 4.79 Å². The lowest BCUT2D eigenvalue weighted by Crippen LogP contribution is -2.50. The van der Waals surface area contributed by atoms with Gasteiger partial charge in [-0.2, -0.15) is 0 Å². The Kier molecular flexibility index (Phi) is 5.11. The molecule has 2 atom stereocenters. The number of carbonyl (C=O) groups excluding carboxylic acids is 1. The average molecular weight is 409 g/mol. The molecule has 30 heavy (non-hydrogen) atoms. The Bertz CT molecular complexity index is 1140. The summed E-state index contributed by atoms with van der Waals surface area (Å²) in [5, 5.41) is 3.58. The molecule has 4 rings (SSSR count). The van der Waals surface area contributed by atoms with E-state index in [1.807, 2.05) is 39.0 Å². The van der Waals surface area contributed by atoms with Crippen molar-refractivity contribution in [1.82, 2.24) is 5.32 Å². The predicted octanol–water partition coefficient (Wildman–Crippen LogP) is 4.30. The van der Waals surface area contributed by atoms with Gasteiger partial charge in [0.2, 0.25) is 0 Å². The van der Waals surface area contributed by atoms with Crippen molar-refractivity contribution < 1.29 is 23.1 Å². The van der Waals surface area contributed by atoms with Crippen LogP contribution in [0.15, 0.2) is 62.4 Å². The molecule has 0 aliphatic carbocycles. The van der Waals surface area contributed by atoms with Crippen LogP contribution in [0.3, 0.4) is 0 Å². The van der Waals surface area contributed by atoms with Gasteiger partial charge in [-0.05, 0) is 56.7 Å². The minimum Gasteiger partial charge on any atom is -0.484 e. The maximum absolute atomic E-state index is 12.4. The summed E-state index contributed by atoms with van der Waals surface area (Å²) in [6.45, 7) is 5.57. The number of furan rings is 1. The van der Waals surface area contributed by atoms with Crippen molar-refractivity contribution in [2.24, 2.45) is 0 Å². The molecule has 1 aliphatic rings. The lowest BCUT2D eigenvalue weighted by Gasteiger charge is -2.39. The van der Waals surface area contributed by atoms with Crippen LogP contribution in [0, 0.1) is 0 Å². The fourth-order valence-corrected chi connectivity index (χ4v) is 3.40. The maximum Gasteiger partial charge on any atom is 0.408 e. The summed E-state index contributed by atoms with van der Waals surface area (Å²) < 4.78 is 22.3. The van der Waals surface area contributed by atoms with Crippen molar-refractivity contribution in [2.45, 2.75) is 44.9 Å². The molecule has 0 unspecified atom stereocenters. The van der Waals surface area contributed by atoms with Gasteiger partial charge < -0.3 is 23.6 Å². The molecule has 3 heterocycles. The molecule has 0 saturated heterocycles. The van der Waals surface area contributed by atoms with Crippen LogP contribution in [-0.2, 0) is 11.2 Å². The highest BCUT2D eigenvalue weighted by Gasteiger charge is 2.40. The molecule has 0 radical (unpaired) electrons. The zero-order valence-corrected chi connectivity index (χ0v) is 17.0. The summed E-state index contributed by atoms with van der Waals surface area (Å²) >= 11 is 0. The van der Waals surface area contributed by atoms with E-state index >= 15 is 0 Å². The van der Waals surface area contributed by atoms with E-state index < -0.39 is 23.4 Å². The van der Waals surface area contributed by atoms with Gasteiger partial charge >= 0.3 is 11.7 Å². The summed E-state index contributed by atoms with van der Waals surface area (Å²) in [4.78, 5) is 23.9. The van der Waals surface area contributed by atoms with E-state index in [4.69, 9.17) is 18.3 Å². The van der Waals surface area contributed by atoms with Gasteiger partial charge in [0.25, 0.3) is 0 Å². The van der Waals surface area contributed by atoms with Crippen LogP contribution in [0.25, 0.3) is 17.0 Å². The fraction of sp³-hybridized carbons (Fsp3) is 0.304. The van der Waals surface area contributed by atoms with Crippen LogP contribution in [0.1, 0.15) is 32.1 Å². The molecule has 7 heteroatoms. The summed E-state index contributed by atoms with van der Waals surface area (Å²) in [6, 6.07) is 10.1. The summed E-state index contributed by atoms with van der Waals surface area (Å²) in [7, 11) is 0. The van der Waals surface area contributed by atoms with Gasteiger partial charge in [-0.15, -0.1) is 0 Å². The lowest BCUT2D eigenvalue weighted by molar-refractivity contribution is -0.0497. The monoisotopic (exact) mass is 409 g/mol. The van der Waals surface area contributed by atoms with Crippen molar-refractivity contribution in [1.29, 1.82) is 0 Å². The first-order valence-corrected chi connectivity index (χ1v) is 9.75. The second kappa shape index (κ2) is 7.74. The Balaban J connectivity index is 1.46. The van der Waals surface area contributed by atoms with E-state index in [0.29, 0.717) is 23.5 Å². The molecule has 7 nitrogen and oxygen atoms in total. The number of ether oxygens (including phenoxy) is 2. The van der Waals surface area contributed by atoms with Gasteiger partial charge in [0.15, 0.2) is 0 Å². The number of benzene rings is 1. The topological polar surface area (TPSA) is 90.9 Å². The molecule has 2 aromatic heterocycles. The molecule has 0 spiro atoms. The normalized spacial score (nSPS) is 18.6. The number of carbonyl (C=O) groups is 1. The second-order valence-corrected chi connectivity index (χ2v) is 7.86. The number of alkyl carbamates (subject to hydrolysis) is 1. The highest BCUT2D eigenvalue weighted by Crippen LogP contribution is 2.37. The van der Waals surface area contributed by atoms with Gasteiger partial charge in [-0.25, -0.2) is 9.59 Å². The van der Waals surface area contributed by atoms with Crippen LogP contribution < -0.4 is 15.7 Å². The minimum absolute atomic E-state index is 0.241. The Morgan fingerprint density at radius 1 is 1.30 bits per heavy atom. The quantitative estimate of drug-likeness (QED) is 0.646. The summed E-state index contributed by atoms with van der Waals surface area (Å²) in [6.07, 6.45) is 4.67. The Morgan fingerprint density at radius 3 is 2.90 bits per heavy atom. The second-order valence-electron chi connectivity index (χ2n) is 7.86. The largest absolute Gasteiger partial charge is 0.484 e. The molecular formula is C23H23NO6. The molecule has 1 amide bonds. The van der Waals surface area contributed by atoms with E-state index in [1.165, 1.54) is 6.07 Å². The third-order valence-corrected chi connectivity index (χ3v) is 5.04. The average Bonchev–Trinajstić information content (AvgIpc) is 3.19. The molecule has 1 N–H and O–H groups in total. The molecule has 0 bridgehead atoms. The van der Waals surface area contributed by atoms with E-state index in [2.05, 4.69) is 5.32 Å². The SMILES string of the molecule is C[C@H](/C=C/c1ccco1)NC(=O)O[C@H]1Cc2cc3ccc(=O)oc3cc2OC1(C)C. The summed E-state index contributed by atoms with van der Waals surface area (Å²) in [5.74, 6) is 1.33. The van der Waals surface area contributed by atoms with Crippen LogP contribution >= 0.6 is 0 Å². The van der Waals surface area contributed by atoms with Gasteiger partial charge in [0, 0.05) is 30.0 Å². The Morgan fingerprint density at radius 2 is 2.13 bits per heavy atom. The number of hydrogen-bond donors (Lipinski definition) is 1. The van der Waals surface area contributed by atoms with E-state index in [1.54, 1.807) is 30.5 Å². The fourth-order valence-electron chi connectivity index (χ4n) is 3.40. The van der Waals surface area contributed by atoms with Crippen LogP contribution in [0.5, 0.6) is 5.75 Å². The standard InChI is InChI=1S/C23H23NO6/c1-14(6-8-17-5-4-10-27-17)24-22(26)29-20-12-16-11-15-7-9-21(25)28-18(15)13-19(16)30-23(20,2)3/h4-11,13-14,20H,12H2,1-3H3,(H,24,26)/b8-6+/t14-,20+/m1/s1. The maximum atomic E-state index is 12.4. The third-order valence-electron chi connectivity index (χ3n) is 5.04. The molecule has 1 aliphatic heterocycles. The molecule has 3 aromatic rings. The smallest absolute Gasteiger partial charge is 0.408 e. The first-order valence-electron chi connectivity index (χ1n) is 9.75. The predicted molar refractivity (Wildman–Crippen MR) is 112 cm³/mol. The van der Waals surface area contributed by atoms with Gasteiger partial charge in [0.1, 0.15) is 28.8 Å². The summed E-state index contributed by atoms with van der Waals surface area (Å²) in [5.41, 5.74) is 0.191. The van der Waals surface area contributed by atoms with E-state index in [9.17, 15) is 9.59 Å². The first-order chi connectivity index (χ1) is 14.3. The molecular weight excluding hydrogens is 386 g/mol. The lowest BCUT2D eigenvalue weighted by atomic mass is 9.90. The van der Waals surface area contributed by atoms with Crippen LogP contribution in [-0.4, -0.2) is 23.8 Å². The number of nitrogens with one attached hydrogen (secondary N) is 1. The van der Waals surface area contributed by atoms with Crippen molar-refractivity contribution in [3.8, 4) is 5.75 Å². The zero-order valence-electron chi connectivity index (χ0n) is 17.0.